The third kappa shape index (κ3) is 6.33. The van der Waals surface area contributed by atoms with Crippen molar-refractivity contribution in [2.75, 3.05) is 9.80 Å². The van der Waals surface area contributed by atoms with Gasteiger partial charge in [0, 0.05) is 47.0 Å². The van der Waals surface area contributed by atoms with Gasteiger partial charge < -0.3 is 9.80 Å². The summed E-state index contributed by atoms with van der Waals surface area (Å²) in [5.74, 6) is 0. The third-order valence-electron chi connectivity index (χ3n) is 13.9. The molecule has 310 valence electrons. The summed E-state index contributed by atoms with van der Waals surface area (Å²) in [6, 6.07) is 89.8. The highest BCUT2D eigenvalue weighted by Gasteiger charge is 2.28. The Balaban J connectivity index is 1.11. The lowest BCUT2D eigenvalue weighted by molar-refractivity contribution is 1.09. The van der Waals surface area contributed by atoms with E-state index >= 15 is 0 Å². The first-order valence-corrected chi connectivity index (χ1v) is 23.0. The molecule has 0 aliphatic carbocycles. The van der Waals surface area contributed by atoms with Gasteiger partial charge in [0.15, 0.2) is 0 Å². The summed E-state index contributed by atoms with van der Waals surface area (Å²) in [6.45, 7) is 0. The van der Waals surface area contributed by atoms with Gasteiger partial charge >= 0.3 is 0 Å². The quantitative estimate of drug-likeness (QED) is 0.154. The molecule has 0 saturated carbocycles. The predicted molar refractivity (Wildman–Crippen MR) is 278 cm³/mol. The molecule has 66 heavy (non-hydrogen) atoms. The maximum absolute atomic E-state index is 2.47. The second kappa shape index (κ2) is 15.7. The molecule has 11 aromatic carbocycles. The van der Waals surface area contributed by atoms with Crippen LogP contribution in [0.1, 0.15) is 22.3 Å². The van der Waals surface area contributed by atoms with Crippen molar-refractivity contribution in [3.05, 3.63) is 265 Å². The van der Waals surface area contributed by atoms with Gasteiger partial charge in [-0.05, 0) is 137 Å². The molecule has 2 heterocycles. The van der Waals surface area contributed by atoms with Crippen LogP contribution in [-0.4, -0.2) is 0 Å². The normalized spacial score (nSPS) is 12.7. The second-order valence-corrected chi connectivity index (χ2v) is 17.6. The molecule has 0 N–H and O–H groups in total. The minimum absolute atomic E-state index is 0.914. The van der Waals surface area contributed by atoms with Crippen molar-refractivity contribution in [3.63, 3.8) is 0 Å². The summed E-state index contributed by atoms with van der Waals surface area (Å²) in [6.07, 6.45) is 1.83. The molecule has 2 heteroatoms. The lowest BCUT2D eigenvalue weighted by Gasteiger charge is -2.34. The van der Waals surface area contributed by atoms with Crippen LogP contribution in [0.5, 0.6) is 0 Å². The van der Waals surface area contributed by atoms with Crippen LogP contribution in [0.3, 0.4) is 0 Å². The van der Waals surface area contributed by atoms with Crippen LogP contribution >= 0.6 is 0 Å². The molecule has 2 nitrogen and oxygen atoms in total. The molecule has 0 saturated heterocycles. The van der Waals surface area contributed by atoms with E-state index in [0.29, 0.717) is 0 Å². The Morgan fingerprint density at radius 2 is 0.515 bits per heavy atom. The average molecular weight is 841 g/mol. The van der Waals surface area contributed by atoms with Gasteiger partial charge in [0.1, 0.15) is 0 Å². The SMILES string of the molecule is c1ccc(-c2ccc(-c3c4ccc(N5c6ccccc6Cc6ccccc65)cc4c(-c4ccc(-c5ccccc5)cc4)c4ccc(N5c6ccccc6Cc6ccccc65)cc34)cc2)cc1. The van der Waals surface area contributed by atoms with E-state index in [1.807, 2.05) is 0 Å². The van der Waals surface area contributed by atoms with Crippen molar-refractivity contribution in [1.29, 1.82) is 0 Å². The fourth-order valence-electron chi connectivity index (χ4n) is 10.8. The molecule has 0 aromatic heterocycles. The van der Waals surface area contributed by atoms with Crippen molar-refractivity contribution in [3.8, 4) is 44.5 Å². The zero-order valence-electron chi connectivity index (χ0n) is 36.4. The third-order valence-corrected chi connectivity index (χ3v) is 13.9. The molecule has 0 bridgehead atoms. The van der Waals surface area contributed by atoms with Gasteiger partial charge in [0.05, 0.1) is 0 Å². The molecule has 0 unspecified atom stereocenters. The Labute approximate surface area is 385 Å². The maximum Gasteiger partial charge on any atom is 0.0497 e. The Hall–Kier alpha value is -8.46. The van der Waals surface area contributed by atoms with Crippen LogP contribution in [-0.2, 0) is 12.8 Å². The van der Waals surface area contributed by atoms with E-state index in [9.17, 15) is 0 Å². The maximum atomic E-state index is 2.47. The molecule has 0 radical (unpaired) electrons. The first-order chi connectivity index (χ1) is 32.7. The number of hydrogen-bond acceptors (Lipinski definition) is 2. The zero-order chi connectivity index (χ0) is 43.6. The minimum atomic E-state index is 0.914. The van der Waals surface area contributed by atoms with E-state index in [1.165, 1.54) is 111 Å². The highest BCUT2D eigenvalue weighted by Crippen LogP contribution is 2.51. The number of benzene rings is 11. The first kappa shape index (κ1) is 38.0. The van der Waals surface area contributed by atoms with Crippen molar-refractivity contribution in [2.24, 2.45) is 0 Å². The molecular weight excluding hydrogens is 797 g/mol. The Kier molecular flexibility index (Phi) is 9.02. The zero-order valence-corrected chi connectivity index (χ0v) is 36.4. The monoisotopic (exact) mass is 840 g/mol. The molecule has 0 fully saturated rings. The number of fused-ring (bicyclic) bond motifs is 6. The molecule has 11 aromatic rings. The van der Waals surface area contributed by atoms with E-state index in [0.717, 1.165) is 24.2 Å². The highest BCUT2D eigenvalue weighted by molar-refractivity contribution is 6.23. The number of rotatable bonds is 6. The van der Waals surface area contributed by atoms with Crippen LogP contribution in [0.2, 0.25) is 0 Å². The Morgan fingerprint density at radius 3 is 0.864 bits per heavy atom. The number of para-hydroxylation sites is 4. The summed E-state index contributed by atoms with van der Waals surface area (Å²) < 4.78 is 0. The fourth-order valence-corrected chi connectivity index (χ4v) is 10.8. The standard InChI is InChI=1S/C64H44N2/c1-3-15-43(16-4-1)45-27-31-47(32-28-45)63-55-37-35-54(66-61-25-13-9-21-51(61)40-52-22-10-14-26-62(52)66)42-58(55)64(48-33-29-46(30-34-48)44-17-5-2-6-18-44)56-38-36-53(41-57(56)63)65-59-23-11-7-19-49(59)39-50-20-8-12-24-60(50)65/h1-38,41-42H,39-40H2. The smallest absolute Gasteiger partial charge is 0.0497 e. The van der Waals surface area contributed by atoms with Crippen LogP contribution in [0.15, 0.2) is 243 Å². The summed E-state index contributed by atoms with van der Waals surface area (Å²) >= 11 is 0. The van der Waals surface area contributed by atoms with E-state index in [2.05, 4.69) is 252 Å². The van der Waals surface area contributed by atoms with Gasteiger partial charge in [-0.25, -0.2) is 0 Å². The summed E-state index contributed by atoms with van der Waals surface area (Å²) in [5.41, 5.74) is 22.2. The molecular formula is C64H44N2. The highest BCUT2D eigenvalue weighted by atomic mass is 15.2. The number of nitrogens with zero attached hydrogens (tertiary/aromatic N) is 2. The van der Waals surface area contributed by atoms with E-state index < -0.39 is 0 Å². The van der Waals surface area contributed by atoms with Crippen LogP contribution < -0.4 is 9.80 Å². The van der Waals surface area contributed by atoms with E-state index in [1.54, 1.807) is 0 Å². The van der Waals surface area contributed by atoms with Crippen molar-refractivity contribution in [1.82, 2.24) is 0 Å². The van der Waals surface area contributed by atoms with E-state index in [4.69, 9.17) is 0 Å². The Bertz CT molecular complexity index is 3290. The minimum Gasteiger partial charge on any atom is -0.310 e. The fraction of sp³-hybridized carbons (Fsp3) is 0.0312. The largest absolute Gasteiger partial charge is 0.310 e. The van der Waals surface area contributed by atoms with Gasteiger partial charge in [-0.3, -0.25) is 0 Å². The van der Waals surface area contributed by atoms with Gasteiger partial charge in [0.2, 0.25) is 0 Å². The van der Waals surface area contributed by atoms with E-state index in [-0.39, 0.29) is 0 Å². The van der Waals surface area contributed by atoms with Crippen LogP contribution in [0.4, 0.5) is 34.1 Å². The van der Waals surface area contributed by atoms with Crippen LogP contribution in [0, 0.1) is 0 Å². The van der Waals surface area contributed by atoms with Crippen molar-refractivity contribution < 1.29 is 0 Å². The summed E-state index contributed by atoms with van der Waals surface area (Å²) in [5, 5.41) is 4.88. The van der Waals surface area contributed by atoms with Crippen LogP contribution in [0.25, 0.3) is 66.1 Å². The molecule has 13 rings (SSSR count). The van der Waals surface area contributed by atoms with Crippen molar-refractivity contribution >= 4 is 55.7 Å². The first-order valence-electron chi connectivity index (χ1n) is 23.0. The molecule has 0 atom stereocenters. The molecule has 2 aliphatic heterocycles. The van der Waals surface area contributed by atoms with Gasteiger partial charge in [-0.15, -0.1) is 0 Å². The Morgan fingerprint density at radius 1 is 0.227 bits per heavy atom. The lowest BCUT2D eigenvalue weighted by Crippen LogP contribution is -2.18. The van der Waals surface area contributed by atoms with Gasteiger partial charge in [0.25, 0.3) is 0 Å². The topological polar surface area (TPSA) is 6.48 Å². The van der Waals surface area contributed by atoms with Crippen molar-refractivity contribution in [2.45, 2.75) is 12.8 Å². The summed E-state index contributed by atoms with van der Waals surface area (Å²) in [7, 11) is 0. The number of anilines is 6. The van der Waals surface area contributed by atoms with Gasteiger partial charge in [-0.1, -0.05) is 194 Å². The second-order valence-electron chi connectivity index (χ2n) is 17.6. The number of hydrogen-bond donors (Lipinski definition) is 0. The molecule has 2 aliphatic rings. The van der Waals surface area contributed by atoms with Gasteiger partial charge in [-0.2, -0.15) is 0 Å². The predicted octanol–water partition coefficient (Wildman–Crippen LogP) is 17.4. The lowest BCUT2D eigenvalue weighted by atomic mass is 9.84. The summed E-state index contributed by atoms with van der Waals surface area (Å²) in [4.78, 5) is 4.95. The molecule has 0 spiro atoms. The average Bonchev–Trinajstić information content (AvgIpc) is 3.39. The molecule has 0 amide bonds.